The summed E-state index contributed by atoms with van der Waals surface area (Å²) in [6, 6.07) is 12.3. The quantitative estimate of drug-likeness (QED) is 0.118. The Morgan fingerprint density at radius 1 is 0.900 bits per heavy atom. The molecule has 2 aromatic heterocycles. The number of fused-ring (bicyclic) bond motifs is 1. The molecule has 0 bridgehead atoms. The molecular formula is C40H58N8OS. The topological polar surface area (TPSA) is 112 Å². The van der Waals surface area contributed by atoms with Crippen molar-refractivity contribution in [3.05, 3.63) is 53.3 Å². The molecule has 50 heavy (non-hydrogen) atoms. The number of allylic oxidation sites excluding steroid dienone is 2. The number of nitrogens with one attached hydrogen (secondary N) is 1. The van der Waals surface area contributed by atoms with Crippen LogP contribution in [0.5, 0.6) is 0 Å². The second-order valence-corrected chi connectivity index (χ2v) is 14.5. The fourth-order valence-electron chi connectivity index (χ4n) is 6.74. The molecule has 1 N–H and O–H groups in total. The molecule has 0 aliphatic carbocycles. The molecule has 3 heterocycles. The summed E-state index contributed by atoms with van der Waals surface area (Å²) in [7, 11) is 1.72. The maximum atomic E-state index is 13.6. The van der Waals surface area contributed by atoms with Gasteiger partial charge in [-0.05, 0) is 37.5 Å². The number of thiazole rings is 1. The zero-order chi connectivity index (χ0) is 36.0. The maximum Gasteiger partial charge on any atom is 0.293 e. The first-order chi connectivity index (χ1) is 24.4. The largest absolute Gasteiger partial charge is 0.385 e. The van der Waals surface area contributed by atoms with Crippen molar-refractivity contribution in [3.8, 4) is 17.3 Å². The van der Waals surface area contributed by atoms with E-state index in [9.17, 15) is 10.1 Å². The summed E-state index contributed by atoms with van der Waals surface area (Å²) in [5.41, 5.74) is 2.55. The van der Waals surface area contributed by atoms with E-state index in [1.165, 1.54) is 43.2 Å². The number of rotatable bonds is 21. The predicted octanol–water partition coefficient (Wildman–Crippen LogP) is 10.1. The summed E-state index contributed by atoms with van der Waals surface area (Å²) >= 11 is 1.59. The molecule has 0 radical (unpaired) electrons. The first kappa shape index (κ1) is 39.0. The minimum atomic E-state index is -0.482. The average Bonchev–Trinajstić information content (AvgIpc) is 3.78. The Hall–Kier alpha value is -3.84. The highest BCUT2D eigenvalue weighted by atomic mass is 32.1. The van der Waals surface area contributed by atoms with Gasteiger partial charge in [-0.25, -0.2) is 15.0 Å². The van der Waals surface area contributed by atoms with Crippen LogP contribution in [0, 0.1) is 23.2 Å². The fraction of sp³-hybridized carbons (Fsp3) is 0.600. The number of likely N-dealkylation sites (N-methyl/N-ethyl adjacent to an activating group) is 1. The first-order valence-electron chi connectivity index (χ1n) is 19.1. The van der Waals surface area contributed by atoms with Gasteiger partial charge in [0.1, 0.15) is 28.0 Å². The van der Waals surface area contributed by atoms with Gasteiger partial charge in [-0.1, -0.05) is 135 Å². The van der Waals surface area contributed by atoms with E-state index in [-0.39, 0.29) is 11.5 Å². The van der Waals surface area contributed by atoms with E-state index < -0.39 is 5.91 Å². The van der Waals surface area contributed by atoms with Crippen molar-refractivity contribution in [3.63, 3.8) is 0 Å². The van der Waals surface area contributed by atoms with Gasteiger partial charge in [-0.15, -0.1) is 5.10 Å². The second kappa shape index (κ2) is 19.5. The van der Waals surface area contributed by atoms with Gasteiger partial charge in [0.05, 0.1) is 5.70 Å². The van der Waals surface area contributed by atoms with Gasteiger partial charge in [0.25, 0.3) is 5.91 Å². The van der Waals surface area contributed by atoms with Crippen LogP contribution in [0.2, 0.25) is 0 Å². The molecular weight excluding hydrogens is 641 g/mol. The van der Waals surface area contributed by atoms with E-state index >= 15 is 0 Å². The molecule has 3 aromatic rings. The van der Waals surface area contributed by atoms with Crippen LogP contribution in [-0.2, 0) is 0 Å². The summed E-state index contributed by atoms with van der Waals surface area (Å²) < 4.78 is 1.29. The van der Waals surface area contributed by atoms with Crippen LogP contribution >= 0.6 is 11.3 Å². The van der Waals surface area contributed by atoms with Crippen LogP contribution in [0.15, 0.2) is 46.6 Å². The number of hydrogen-bond donors (Lipinski definition) is 1. The van der Waals surface area contributed by atoms with Crippen molar-refractivity contribution in [2.45, 2.75) is 125 Å². The molecule has 3 atom stereocenters. The summed E-state index contributed by atoms with van der Waals surface area (Å²) in [5.74, 6) is 1.79. The van der Waals surface area contributed by atoms with Crippen molar-refractivity contribution >= 4 is 33.1 Å². The summed E-state index contributed by atoms with van der Waals surface area (Å²) in [4.78, 5) is 31.7. The zero-order valence-corrected chi connectivity index (χ0v) is 32.3. The van der Waals surface area contributed by atoms with Gasteiger partial charge >= 0.3 is 0 Å². The molecule has 10 heteroatoms. The lowest BCUT2D eigenvalue weighted by molar-refractivity contribution is 0.0940. The molecule has 1 aliphatic rings. The third-order valence-corrected chi connectivity index (χ3v) is 11.0. The van der Waals surface area contributed by atoms with E-state index in [1.54, 1.807) is 18.4 Å². The molecule has 3 unspecified atom stereocenters. The highest BCUT2D eigenvalue weighted by Gasteiger charge is 2.35. The standard InChI is InChI=1S/C40H58N8OS/c1-8-14-20-28(11-4)26-47(27-29(12-5)21-15-9-2)40-44-33(31-23-18-17-19-24-31)38(50-40)43-35-34(42-7)32(25-41)39(49)48-37(35)45-36(46-48)30(13-6)22-16-10-3/h17-19,23-24,28-30,42H,8-16,20-22,26-27H2,1-7H3/b43-35-. The lowest BCUT2D eigenvalue weighted by Crippen LogP contribution is -2.34. The lowest BCUT2D eigenvalue weighted by atomic mass is 9.96. The Morgan fingerprint density at radius 2 is 1.52 bits per heavy atom. The van der Waals surface area contributed by atoms with Crippen molar-refractivity contribution < 1.29 is 4.79 Å². The molecule has 0 fully saturated rings. The third kappa shape index (κ3) is 9.28. The van der Waals surface area contributed by atoms with Gasteiger partial charge in [0, 0.05) is 31.6 Å². The Bertz CT molecular complexity index is 1610. The molecule has 0 saturated carbocycles. The number of benzene rings is 1. The smallest absolute Gasteiger partial charge is 0.293 e. The van der Waals surface area contributed by atoms with E-state index in [1.807, 2.05) is 18.2 Å². The minimum Gasteiger partial charge on any atom is -0.385 e. The molecule has 0 amide bonds. The fourth-order valence-corrected chi connectivity index (χ4v) is 7.73. The van der Waals surface area contributed by atoms with Gasteiger partial charge < -0.3 is 10.2 Å². The Morgan fingerprint density at radius 3 is 2.06 bits per heavy atom. The number of aliphatic imine (C=N–C) groups is 1. The third-order valence-electron chi connectivity index (χ3n) is 10.0. The average molecular weight is 699 g/mol. The Balaban J connectivity index is 1.91. The highest BCUT2D eigenvalue weighted by molar-refractivity contribution is 7.19. The van der Waals surface area contributed by atoms with Gasteiger partial charge in [0.2, 0.25) is 0 Å². The number of hydrogen-bond acceptors (Lipinski definition) is 9. The highest BCUT2D eigenvalue weighted by Crippen LogP contribution is 2.42. The lowest BCUT2D eigenvalue weighted by Gasteiger charge is -2.30. The minimum absolute atomic E-state index is 0.0205. The summed E-state index contributed by atoms with van der Waals surface area (Å²) in [5, 5.41) is 19.7. The van der Waals surface area contributed by atoms with Crippen LogP contribution < -0.4 is 10.2 Å². The molecule has 0 spiro atoms. The predicted molar refractivity (Wildman–Crippen MR) is 207 cm³/mol. The van der Waals surface area contributed by atoms with Gasteiger partial charge in [-0.3, -0.25) is 4.79 Å². The normalized spacial score (nSPS) is 15.6. The van der Waals surface area contributed by atoms with Crippen LogP contribution in [0.3, 0.4) is 0 Å². The maximum absolute atomic E-state index is 13.6. The van der Waals surface area contributed by atoms with Gasteiger partial charge in [-0.2, -0.15) is 9.94 Å². The molecule has 0 saturated heterocycles. The number of carbonyl (C=O) groups excluding carboxylic acids is 1. The number of unbranched alkanes of at least 4 members (excludes halogenated alkanes) is 3. The Labute approximate surface area is 304 Å². The van der Waals surface area contributed by atoms with Crippen LogP contribution in [0.1, 0.15) is 141 Å². The number of nitrogens with zero attached hydrogens (tertiary/aromatic N) is 7. The zero-order valence-electron chi connectivity index (χ0n) is 31.5. The molecule has 1 aliphatic heterocycles. The van der Waals surface area contributed by atoms with Crippen LogP contribution in [0.25, 0.3) is 11.3 Å². The van der Waals surface area contributed by atoms with E-state index in [4.69, 9.17) is 20.1 Å². The SMILES string of the molecule is CCCCC(CC)CN(CC(CC)CCCC)c1nc(-c2ccccc2)c(/N=C2/C(NC)=C(C#N)C(=O)n3nc(C(CC)CCCC)nc32)s1. The first-order valence-corrected chi connectivity index (χ1v) is 19.9. The van der Waals surface area contributed by atoms with E-state index in [0.717, 1.165) is 73.0 Å². The monoisotopic (exact) mass is 698 g/mol. The van der Waals surface area contributed by atoms with Gasteiger partial charge in [0.15, 0.2) is 16.8 Å². The van der Waals surface area contributed by atoms with Crippen molar-refractivity contribution in [1.29, 1.82) is 5.26 Å². The Kier molecular flexibility index (Phi) is 15.2. The van der Waals surface area contributed by atoms with Crippen molar-refractivity contribution in [2.24, 2.45) is 16.8 Å². The van der Waals surface area contributed by atoms with E-state index in [2.05, 4.69) is 70.0 Å². The number of aromatic nitrogens is 4. The summed E-state index contributed by atoms with van der Waals surface area (Å²) in [6.45, 7) is 15.4. The van der Waals surface area contributed by atoms with Crippen molar-refractivity contribution in [1.82, 2.24) is 25.1 Å². The van der Waals surface area contributed by atoms with Crippen LogP contribution in [-0.4, -0.2) is 51.5 Å². The molecule has 9 nitrogen and oxygen atoms in total. The van der Waals surface area contributed by atoms with E-state index in [0.29, 0.717) is 34.9 Å². The number of anilines is 1. The molecule has 270 valence electrons. The molecule has 1 aromatic carbocycles. The molecule has 4 rings (SSSR count). The second-order valence-electron chi connectivity index (χ2n) is 13.6. The van der Waals surface area contributed by atoms with Crippen LogP contribution in [0.4, 0.5) is 10.1 Å². The number of nitriles is 1. The van der Waals surface area contributed by atoms with Crippen molar-refractivity contribution in [2.75, 3.05) is 25.0 Å². The summed E-state index contributed by atoms with van der Waals surface area (Å²) in [6.07, 6.45) is 13.4. The number of carbonyl (C=O) groups is 1.